The van der Waals surface area contributed by atoms with Gasteiger partial charge in [-0.25, -0.2) is 13.1 Å². The van der Waals surface area contributed by atoms with E-state index in [0.29, 0.717) is 24.1 Å². The van der Waals surface area contributed by atoms with Gasteiger partial charge in [0.2, 0.25) is 10.0 Å². The number of fused-ring (bicyclic) bond motifs is 2. The number of hydrogen-bond donors (Lipinski definition) is 1. The van der Waals surface area contributed by atoms with Crippen LogP contribution in [0.15, 0.2) is 47.4 Å². The van der Waals surface area contributed by atoms with Crippen molar-refractivity contribution >= 4 is 20.8 Å². The highest BCUT2D eigenvalue weighted by Crippen LogP contribution is 2.24. The Labute approximate surface area is 142 Å². The molecule has 2 heterocycles. The summed E-state index contributed by atoms with van der Waals surface area (Å²) in [6.07, 6.45) is 2.32. The molecule has 2 aliphatic rings. The molecule has 128 valence electrons. The fraction of sp³-hybridized carbons (Fsp3) is 0.444. The Bertz CT molecular complexity index is 832. The summed E-state index contributed by atoms with van der Waals surface area (Å²) < 4.78 is 34.1. The zero-order valence-electron chi connectivity index (χ0n) is 13.5. The van der Waals surface area contributed by atoms with E-state index >= 15 is 0 Å². The number of hydrogen-bond acceptors (Lipinski definition) is 4. The Morgan fingerprint density at radius 3 is 2.92 bits per heavy atom. The van der Waals surface area contributed by atoms with Crippen molar-refractivity contribution in [3.8, 4) is 0 Å². The highest BCUT2D eigenvalue weighted by atomic mass is 32.2. The van der Waals surface area contributed by atoms with Crippen molar-refractivity contribution in [3.05, 3.63) is 42.5 Å². The monoisotopic (exact) mass is 346 g/mol. The van der Waals surface area contributed by atoms with E-state index in [1.807, 2.05) is 30.3 Å². The maximum absolute atomic E-state index is 12.7. The van der Waals surface area contributed by atoms with Gasteiger partial charge in [0.1, 0.15) is 0 Å². The first kappa shape index (κ1) is 16.0. The molecular formula is C18H22N2O3S. The van der Waals surface area contributed by atoms with Gasteiger partial charge in [-0.05, 0) is 30.8 Å². The van der Waals surface area contributed by atoms with Crippen LogP contribution >= 0.6 is 0 Å². The summed E-state index contributed by atoms with van der Waals surface area (Å²) in [5, 5.41) is 1.67. The van der Waals surface area contributed by atoms with Crippen LogP contribution in [0, 0.1) is 0 Å². The maximum Gasteiger partial charge on any atom is 0.241 e. The van der Waals surface area contributed by atoms with Crippen molar-refractivity contribution in [3.63, 3.8) is 0 Å². The minimum absolute atomic E-state index is 0.0795. The van der Waals surface area contributed by atoms with Crippen LogP contribution in [-0.2, 0) is 14.8 Å². The quantitative estimate of drug-likeness (QED) is 0.920. The summed E-state index contributed by atoms with van der Waals surface area (Å²) in [5.74, 6) is 0. The molecule has 1 N–H and O–H groups in total. The topological polar surface area (TPSA) is 58.6 Å². The SMILES string of the molecule is O=S(=O)(NC[C@H]1CN2CCC[C@@H]2CO1)c1cccc2ccccc12. The van der Waals surface area contributed by atoms with Crippen LogP contribution in [0.4, 0.5) is 0 Å². The van der Waals surface area contributed by atoms with Gasteiger partial charge in [0, 0.05) is 24.5 Å². The second-order valence-electron chi connectivity index (χ2n) is 6.58. The number of nitrogens with one attached hydrogen (secondary N) is 1. The van der Waals surface area contributed by atoms with Crippen LogP contribution in [0.2, 0.25) is 0 Å². The Hall–Kier alpha value is -1.47. The van der Waals surface area contributed by atoms with Gasteiger partial charge < -0.3 is 4.74 Å². The van der Waals surface area contributed by atoms with Gasteiger partial charge in [0.05, 0.1) is 17.6 Å². The van der Waals surface area contributed by atoms with Gasteiger partial charge in [0.15, 0.2) is 0 Å². The van der Waals surface area contributed by atoms with Gasteiger partial charge in [0.25, 0.3) is 0 Å². The lowest BCUT2D eigenvalue weighted by Crippen LogP contribution is -2.50. The predicted octanol–water partition coefficient (Wildman–Crippen LogP) is 1.98. The molecule has 0 radical (unpaired) electrons. The summed E-state index contributed by atoms with van der Waals surface area (Å²) in [7, 11) is -3.56. The fourth-order valence-corrected chi connectivity index (χ4v) is 5.01. The summed E-state index contributed by atoms with van der Waals surface area (Å²) >= 11 is 0. The molecule has 0 spiro atoms. The smallest absolute Gasteiger partial charge is 0.241 e. The number of rotatable bonds is 4. The first-order valence-electron chi connectivity index (χ1n) is 8.46. The van der Waals surface area contributed by atoms with Crippen molar-refractivity contribution in [1.82, 2.24) is 9.62 Å². The third-order valence-corrected chi connectivity index (χ3v) is 6.48. The Balaban J connectivity index is 1.49. The van der Waals surface area contributed by atoms with E-state index in [-0.39, 0.29) is 6.10 Å². The van der Waals surface area contributed by atoms with Crippen LogP contribution < -0.4 is 4.72 Å². The first-order valence-corrected chi connectivity index (χ1v) is 9.95. The lowest BCUT2D eigenvalue weighted by Gasteiger charge is -2.35. The standard InChI is InChI=1S/C18H22N2O3S/c21-24(22,18-9-3-6-14-5-1-2-8-17(14)18)19-11-16-12-20-10-4-7-15(20)13-23-16/h1-3,5-6,8-9,15-16,19H,4,7,10-13H2/t15-,16+/m1/s1. The Kier molecular flexibility index (Phi) is 4.30. The van der Waals surface area contributed by atoms with Crippen molar-refractivity contribution in [1.29, 1.82) is 0 Å². The van der Waals surface area contributed by atoms with Crippen molar-refractivity contribution in [2.45, 2.75) is 29.9 Å². The number of sulfonamides is 1. The molecule has 6 heteroatoms. The molecular weight excluding hydrogens is 324 g/mol. The molecule has 4 rings (SSSR count). The second kappa shape index (κ2) is 6.44. The normalized spacial score (nSPS) is 25.0. The second-order valence-corrected chi connectivity index (χ2v) is 8.31. The van der Waals surface area contributed by atoms with E-state index in [1.165, 1.54) is 12.8 Å². The van der Waals surface area contributed by atoms with Gasteiger partial charge in [-0.2, -0.15) is 0 Å². The molecule has 2 aromatic rings. The highest BCUT2D eigenvalue weighted by molar-refractivity contribution is 7.89. The molecule has 2 saturated heterocycles. The zero-order chi connectivity index (χ0) is 16.6. The van der Waals surface area contributed by atoms with E-state index in [2.05, 4.69) is 9.62 Å². The maximum atomic E-state index is 12.7. The molecule has 0 unspecified atom stereocenters. The third kappa shape index (κ3) is 3.07. The van der Waals surface area contributed by atoms with Crippen molar-refractivity contribution in [2.75, 3.05) is 26.2 Å². The van der Waals surface area contributed by atoms with E-state index in [4.69, 9.17) is 4.74 Å². The largest absolute Gasteiger partial charge is 0.374 e. The van der Waals surface area contributed by atoms with Crippen LogP contribution in [0.25, 0.3) is 10.8 Å². The number of morpholine rings is 1. The van der Waals surface area contributed by atoms with Crippen molar-refractivity contribution in [2.24, 2.45) is 0 Å². The molecule has 2 aromatic carbocycles. The van der Waals surface area contributed by atoms with Gasteiger partial charge in [-0.1, -0.05) is 36.4 Å². The molecule has 2 atom stereocenters. The molecule has 0 aliphatic carbocycles. The predicted molar refractivity (Wildman–Crippen MR) is 93.5 cm³/mol. The molecule has 0 saturated carbocycles. The van der Waals surface area contributed by atoms with Crippen molar-refractivity contribution < 1.29 is 13.2 Å². The number of ether oxygens (including phenoxy) is 1. The van der Waals surface area contributed by atoms with E-state index < -0.39 is 10.0 Å². The molecule has 2 aliphatic heterocycles. The lowest BCUT2D eigenvalue weighted by atomic mass is 10.1. The van der Waals surface area contributed by atoms with Gasteiger partial charge in [-0.15, -0.1) is 0 Å². The van der Waals surface area contributed by atoms with E-state index in [9.17, 15) is 8.42 Å². The van der Waals surface area contributed by atoms with Crippen LogP contribution in [0.5, 0.6) is 0 Å². The molecule has 24 heavy (non-hydrogen) atoms. The van der Waals surface area contributed by atoms with E-state index in [0.717, 1.165) is 23.9 Å². The first-order chi connectivity index (χ1) is 11.6. The summed E-state index contributed by atoms with van der Waals surface area (Å²) in [6.45, 7) is 2.93. The Morgan fingerprint density at radius 2 is 2.00 bits per heavy atom. The average Bonchev–Trinajstić information content (AvgIpc) is 3.07. The highest BCUT2D eigenvalue weighted by Gasteiger charge is 2.32. The lowest BCUT2D eigenvalue weighted by molar-refractivity contribution is -0.0448. The van der Waals surface area contributed by atoms with Gasteiger partial charge in [-0.3, -0.25) is 4.90 Å². The number of benzene rings is 2. The van der Waals surface area contributed by atoms with Crippen LogP contribution in [0.1, 0.15) is 12.8 Å². The molecule has 0 amide bonds. The molecule has 0 aromatic heterocycles. The summed E-state index contributed by atoms with van der Waals surface area (Å²) in [5.41, 5.74) is 0. The molecule has 2 fully saturated rings. The molecule has 0 bridgehead atoms. The minimum Gasteiger partial charge on any atom is -0.374 e. The molecule has 5 nitrogen and oxygen atoms in total. The minimum atomic E-state index is -3.56. The summed E-state index contributed by atoms with van der Waals surface area (Å²) in [4.78, 5) is 2.75. The third-order valence-electron chi connectivity index (χ3n) is 5.00. The number of nitrogens with zero attached hydrogens (tertiary/aromatic N) is 1. The Morgan fingerprint density at radius 1 is 1.17 bits per heavy atom. The average molecular weight is 346 g/mol. The zero-order valence-corrected chi connectivity index (χ0v) is 14.3. The van der Waals surface area contributed by atoms with Crippen LogP contribution in [-0.4, -0.2) is 51.7 Å². The summed E-state index contributed by atoms with van der Waals surface area (Å²) in [6, 6.07) is 13.4. The van der Waals surface area contributed by atoms with Crippen LogP contribution in [0.3, 0.4) is 0 Å². The van der Waals surface area contributed by atoms with Gasteiger partial charge >= 0.3 is 0 Å². The fourth-order valence-electron chi connectivity index (χ4n) is 3.72. The van der Waals surface area contributed by atoms with E-state index in [1.54, 1.807) is 12.1 Å².